The molecule has 1 atom stereocenters. The van der Waals surface area contributed by atoms with E-state index in [4.69, 9.17) is 17.3 Å². The second-order valence-electron chi connectivity index (χ2n) is 6.00. The minimum absolute atomic E-state index is 0.415. The first-order valence-electron chi connectivity index (χ1n) is 7.54. The van der Waals surface area contributed by atoms with Crippen LogP contribution in [-0.4, -0.2) is 53.0 Å². The lowest BCUT2D eigenvalue weighted by molar-refractivity contribution is 0.151. The van der Waals surface area contributed by atoms with Gasteiger partial charge in [0.05, 0.1) is 0 Å². The second kappa shape index (κ2) is 6.39. The Hall–Kier alpha value is -0.680. The SMILES string of the molecule is NC1CCN(C2CCN(Cc3cccnc3Cl)C2)CC1. The van der Waals surface area contributed by atoms with Gasteiger partial charge in [0.15, 0.2) is 0 Å². The Morgan fingerprint density at radius 3 is 2.80 bits per heavy atom. The standard InChI is InChI=1S/C15H23ClN4/c16-15-12(2-1-6-18-15)10-19-7-5-14(11-19)20-8-3-13(17)4-9-20/h1-2,6,13-14H,3-5,7-11,17H2. The average Bonchev–Trinajstić information content (AvgIpc) is 2.91. The summed E-state index contributed by atoms with van der Waals surface area (Å²) in [7, 11) is 0. The highest BCUT2D eigenvalue weighted by molar-refractivity contribution is 6.30. The Morgan fingerprint density at radius 2 is 2.05 bits per heavy atom. The quantitative estimate of drug-likeness (QED) is 0.863. The highest BCUT2D eigenvalue weighted by Gasteiger charge is 2.29. The molecular weight excluding hydrogens is 272 g/mol. The topological polar surface area (TPSA) is 45.4 Å². The van der Waals surface area contributed by atoms with Crippen LogP contribution in [0.15, 0.2) is 18.3 Å². The third-order valence-corrected chi connectivity index (χ3v) is 4.91. The summed E-state index contributed by atoms with van der Waals surface area (Å²) >= 11 is 6.14. The first kappa shape index (κ1) is 14.3. The third-order valence-electron chi connectivity index (χ3n) is 4.57. The molecule has 0 radical (unpaired) electrons. The molecule has 5 heteroatoms. The van der Waals surface area contributed by atoms with E-state index < -0.39 is 0 Å². The lowest BCUT2D eigenvalue weighted by Gasteiger charge is -2.34. The van der Waals surface area contributed by atoms with Gasteiger partial charge >= 0.3 is 0 Å². The van der Waals surface area contributed by atoms with Crippen molar-refractivity contribution in [3.8, 4) is 0 Å². The van der Waals surface area contributed by atoms with Gasteiger partial charge in [0, 0.05) is 43.5 Å². The van der Waals surface area contributed by atoms with Crippen LogP contribution in [-0.2, 0) is 6.54 Å². The van der Waals surface area contributed by atoms with Crippen molar-refractivity contribution >= 4 is 11.6 Å². The summed E-state index contributed by atoms with van der Waals surface area (Å²) < 4.78 is 0. The van der Waals surface area contributed by atoms with Crippen LogP contribution in [0.3, 0.4) is 0 Å². The Labute approximate surface area is 125 Å². The van der Waals surface area contributed by atoms with Crippen LogP contribution in [0.5, 0.6) is 0 Å². The van der Waals surface area contributed by atoms with E-state index in [9.17, 15) is 0 Å². The molecule has 0 aromatic carbocycles. The van der Waals surface area contributed by atoms with E-state index in [1.165, 1.54) is 6.42 Å². The number of piperidine rings is 1. The normalized spacial score (nSPS) is 26.2. The Bertz CT molecular complexity index is 445. The maximum Gasteiger partial charge on any atom is 0.133 e. The van der Waals surface area contributed by atoms with Crippen LogP contribution in [0, 0.1) is 0 Å². The number of rotatable bonds is 3. The molecule has 0 bridgehead atoms. The zero-order valence-corrected chi connectivity index (χ0v) is 12.6. The lowest BCUT2D eigenvalue weighted by Crippen LogP contribution is -2.46. The average molecular weight is 295 g/mol. The summed E-state index contributed by atoms with van der Waals surface area (Å²) in [6.45, 7) is 5.52. The summed E-state index contributed by atoms with van der Waals surface area (Å²) in [5.41, 5.74) is 7.12. The van der Waals surface area contributed by atoms with Crippen molar-refractivity contribution in [2.45, 2.75) is 37.9 Å². The fourth-order valence-corrected chi connectivity index (χ4v) is 3.50. The fraction of sp³-hybridized carbons (Fsp3) is 0.667. The predicted octanol–water partition coefficient (Wildman–Crippen LogP) is 1.73. The van der Waals surface area contributed by atoms with E-state index in [2.05, 4.69) is 20.9 Å². The van der Waals surface area contributed by atoms with Crippen molar-refractivity contribution in [1.29, 1.82) is 0 Å². The van der Waals surface area contributed by atoms with Crippen molar-refractivity contribution in [1.82, 2.24) is 14.8 Å². The van der Waals surface area contributed by atoms with Crippen molar-refractivity contribution < 1.29 is 0 Å². The molecule has 1 unspecified atom stereocenters. The van der Waals surface area contributed by atoms with Gasteiger partial charge in [-0.15, -0.1) is 0 Å². The van der Waals surface area contributed by atoms with Gasteiger partial charge in [-0.3, -0.25) is 9.80 Å². The highest BCUT2D eigenvalue weighted by atomic mass is 35.5. The van der Waals surface area contributed by atoms with E-state index in [-0.39, 0.29) is 0 Å². The van der Waals surface area contributed by atoms with E-state index in [0.717, 1.165) is 51.1 Å². The molecule has 3 heterocycles. The minimum atomic E-state index is 0.415. The van der Waals surface area contributed by atoms with Crippen molar-refractivity contribution in [3.05, 3.63) is 29.0 Å². The molecule has 0 aliphatic carbocycles. The van der Waals surface area contributed by atoms with Crippen LogP contribution in [0.1, 0.15) is 24.8 Å². The summed E-state index contributed by atoms with van der Waals surface area (Å²) in [4.78, 5) is 9.26. The molecule has 0 saturated carbocycles. The number of nitrogens with zero attached hydrogens (tertiary/aromatic N) is 3. The number of halogens is 1. The zero-order chi connectivity index (χ0) is 13.9. The summed E-state index contributed by atoms with van der Waals surface area (Å²) in [6, 6.07) is 5.14. The molecule has 1 aromatic rings. The molecule has 0 spiro atoms. The fourth-order valence-electron chi connectivity index (χ4n) is 3.32. The highest BCUT2D eigenvalue weighted by Crippen LogP contribution is 2.22. The van der Waals surface area contributed by atoms with Crippen molar-refractivity contribution in [2.24, 2.45) is 5.73 Å². The first-order valence-corrected chi connectivity index (χ1v) is 7.91. The second-order valence-corrected chi connectivity index (χ2v) is 6.36. The number of likely N-dealkylation sites (tertiary alicyclic amines) is 2. The van der Waals surface area contributed by atoms with Gasteiger partial charge < -0.3 is 5.73 Å². The largest absolute Gasteiger partial charge is 0.328 e. The molecule has 2 N–H and O–H groups in total. The van der Waals surface area contributed by atoms with Crippen LogP contribution < -0.4 is 5.73 Å². The maximum absolute atomic E-state index is 6.14. The molecule has 2 aliphatic heterocycles. The van der Waals surface area contributed by atoms with E-state index in [0.29, 0.717) is 17.2 Å². The van der Waals surface area contributed by atoms with Gasteiger partial charge in [-0.25, -0.2) is 4.98 Å². The molecule has 20 heavy (non-hydrogen) atoms. The summed E-state index contributed by atoms with van der Waals surface area (Å²) in [5.74, 6) is 0. The molecule has 110 valence electrons. The Balaban J connectivity index is 1.53. The van der Waals surface area contributed by atoms with Gasteiger partial charge in [0.1, 0.15) is 5.15 Å². The third kappa shape index (κ3) is 3.31. The smallest absolute Gasteiger partial charge is 0.133 e. The van der Waals surface area contributed by atoms with Crippen LogP contribution in [0.25, 0.3) is 0 Å². The molecule has 4 nitrogen and oxygen atoms in total. The van der Waals surface area contributed by atoms with Crippen LogP contribution >= 0.6 is 11.6 Å². The maximum atomic E-state index is 6.14. The summed E-state index contributed by atoms with van der Waals surface area (Å²) in [6.07, 6.45) is 5.29. The molecule has 2 aliphatic rings. The number of nitrogens with two attached hydrogens (primary N) is 1. The number of hydrogen-bond donors (Lipinski definition) is 1. The van der Waals surface area contributed by atoms with Gasteiger partial charge in [-0.2, -0.15) is 0 Å². The Kier molecular flexibility index (Phi) is 4.56. The van der Waals surface area contributed by atoms with Gasteiger partial charge in [0.2, 0.25) is 0 Å². The monoisotopic (exact) mass is 294 g/mol. The number of hydrogen-bond acceptors (Lipinski definition) is 4. The van der Waals surface area contributed by atoms with Crippen LogP contribution in [0.2, 0.25) is 5.15 Å². The number of aromatic nitrogens is 1. The van der Waals surface area contributed by atoms with E-state index in [1.807, 2.05) is 6.07 Å². The van der Waals surface area contributed by atoms with Gasteiger partial charge in [-0.05, 0) is 38.4 Å². The predicted molar refractivity (Wildman–Crippen MR) is 81.7 cm³/mol. The minimum Gasteiger partial charge on any atom is -0.328 e. The molecule has 2 fully saturated rings. The van der Waals surface area contributed by atoms with Gasteiger partial charge in [0.25, 0.3) is 0 Å². The van der Waals surface area contributed by atoms with Crippen molar-refractivity contribution in [3.63, 3.8) is 0 Å². The lowest BCUT2D eigenvalue weighted by atomic mass is 10.0. The van der Waals surface area contributed by atoms with Crippen LogP contribution in [0.4, 0.5) is 0 Å². The van der Waals surface area contributed by atoms with Crippen molar-refractivity contribution in [2.75, 3.05) is 26.2 Å². The molecular formula is C15H23ClN4. The Morgan fingerprint density at radius 1 is 1.25 bits per heavy atom. The molecule has 0 amide bonds. The first-order chi connectivity index (χ1) is 9.72. The molecule has 1 aromatic heterocycles. The zero-order valence-electron chi connectivity index (χ0n) is 11.8. The number of pyridine rings is 1. The van der Waals surface area contributed by atoms with E-state index >= 15 is 0 Å². The van der Waals surface area contributed by atoms with E-state index in [1.54, 1.807) is 6.20 Å². The molecule has 3 rings (SSSR count). The van der Waals surface area contributed by atoms with Gasteiger partial charge in [-0.1, -0.05) is 17.7 Å². The molecule has 2 saturated heterocycles. The summed E-state index contributed by atoms with van der Waals surface area (Å²) in [5, 5.41) is 0.639.